The number of Topliss-reactive ketones (excluding diaryl/α,β-unsaturated/α-hetero) is 1. The van der Waals surface area contributed by atoms with Crippen molar-refractivity contribution in [3.63, 3.8) is 0 Å². The number of rotatable bonds is 6. The molecule has 0 saturated heterocycles. The SMILES string of the molecule is CN(CCS(C)(=O)=O)CC(=O)c1ccc[nH]1. The molecule has 0 radical (unpaired) electrons. The number of sulfone groups is 1. The van der Waals surface area contributed by atoms with E-state index in [9.17, 15) is 13.2 Å². The number of likely N-dealkylation sites (N-methyl/N-ethyl adjacent to an activating group) is 1. The van der Waals surface area contributed by atoms with Crippen molar-refractivity contribution >= 4 is 15.6 Å². The lowest BCUT2D eigenvalue weighted by atomic mass is 10.3. The third kappa shape index (κ3) is 4.59. The largest absolute Gasteiger partial charge is 0.359 e. The summed E-state index contributed by atoms with van der Waals surface area (Å²) in [5.74, 6) is 0.0302. The van der Waals surface area contributed by atoms with E-state index in [2.05, 4.69) is 4.98 Å². The lowest BCUT2D eigenvalue weighted by Crippen LogP contribution is -2.30. The van der Waals surface area contributed by atoms with Crippen molar-refractivity contribution in [1.29, 1.82) is 0 Å². The minimum absolute atomic E-state index is 0.0407. The quantitative estimate of drug-likeness (QED) is 0.724. The summed E-state index contributed by atoms with van der Waals surface area (Å²) in [6.45, 7) is 0.585. The molecule has 0 amide bonds. The van der Waals surface area contributed by atoms with E-state index in [1.165, 1.54) is 6.26 Å². The van der Waals surface area contributed by atoms with Crippen molar-refractivity contribution in [2.24, 2.45) is 0 Å². The van der Waals surface area contributed by atoms with Crippen molar-refractivity contribution in [2.45, 2.75) is 0 Å². The maximum absolute atomic E-state index is 11.6. The lowest BCUT2D eigenvalue weighted by molar-refractivity contribution is 0.0945. The van der Waals surface area contributed by atoms with E-state index in [0.717, 1.165) is 0 Å². The molecule has 16 heavy (non-hydrogen) atoms. The summed E-state index contributed by atoms with van der Waals surface area (Å²) >= 11 is 0. The van der Waals surface area contributed by atoms with Crippen molar-refractivity contribution in [3.05, 3.63) is 24.0 Å². The van der Waals surface area contributed by atoms with Crippen LogP contribution in [-0.4, -0.2) is 56.2 Å². The van der Waals surface area contributed by atoms with Crippen LogP contribution in [0.4, 0.5) is 0 Å². The maximum Gasteiger partial charge on any atom is 0.192 e. The number of ketones is 1. The van der Waals surface area contributed by atoms with Gasteiger partial charge in [0.2, 0.25) is 0 Å². The fraction of sp³-hybridized carbons (Fsp3) is 0.500. The zero-order valence-corrected chi connectivity index (χ0v) is 10.3. The highest BCUT2D eigenvalue weighted by Gasteiger charge is 2.11. The number of nitrogens with zero attached hydrogens (tertiary/aromatic N) is 1. The van der Waals surface area contributed by atoms with Crippen LogP contribution in [0.1, 0.15) is 10.5 Å². The van der Waals surface area contributed by atoms with Crippen molar-refractivity contribution in [3.8, 4) is 0 Å². The predicted molar refractivity (Wildman–Crippen MR) is 62.3 cm³/mol. The molecule has 90 valence electrons. The first-order chi connectivity index (χ1) is 7.38. The maximum atomic E-state index is 11.6. The summed E-state index contributed by atoms with van der Waals surface area (Å²) in [6, 6.07) is 3.45. The first-order valence-corrected chi connectivity index (χ1v) is 6.97. The molecule has 1 aromatic heterocycles. The van der Waals surface area contributed by atoms with Gasteiger partial charge in [-0.2, -0.15) is 0 Å². The van der Waals surface area contributed by atoms with Crippen LogP contribution >= 0.6 is 0 Å². The standard InChI is InChI=1S/C10H16N2O3S/c1-12(6-7-16(2,14)15)8-10(13)9-4-3-5-11-9/h3-5,11H,6-8H2,1-2H3. The van der Waals surface area contributed by atoms with E-state index in [4.69, 9.17) is 0 Å². The number of carbonyl (C=O) groups excluding carboxylic acids is 1. The van der Waals surface area contributed by atoms with Gasteiger partial charge in [0.05, 0.1) is 18.0 Å². The lowest BCUT2D eigenvalue weighted by Gasteiger charge is -2.14. The zero-order valence-electron chi connectivity index (χ0n) is 9.43. The average Bonchev–Trinajstić information content (AvgIpc) is 2.66. The van der Waals surface area contributed by atoms with Crippen LogP contribution in [0.2, 0.25) is 0 Å². The smallest absolute Gasteiger partial charge is 0.192 e. The molecule has 1 heterocycles. The zero-order chi connectivity index (χ0) is 12.2. The van der Waals surface area contributed by atoms with E-state index in [-0.39, 0.29) is 18.1 Å². The van der Waals surface area contributed by atoms with Gasteiger partial charge in [-0.25, -0.2) is 8.42 Å². The van der Waals surface area contributed by atoms with E-state index in [1.54, 1.807) is 30.3 Å². The topological polar surface area (TPSA) is 70.2 Å². The van der Waals surface area contributed by atoms with Gasteiger partial charge in [-0.15, -0.1) is 0 Å². The molecule has 1 rings (SSSR count). The summed E-state index contributed by atoms with van der Waals surface area (Å²) in [6.07, 6.45) is 2.87. The Bertz CT molecular complexity index is 437. The Kier molecular flexibility index (Phi) is 4.26. The first kappa shape index (κ1) is 12.9. The summed E-state index contributed by atoms with van der Waals surface area (Å²) in [7, 11) is -1.24. The van der Waals surface area contributed by atoms with Crippen LogP contribution in [0.3, 0.4) is 0 Å². The molecule has 0 aliphatic carbocycles. The summed E-state index contributed by atoms with van der Waals surface area (Å²) < 4.78 is 21.9. The molecule has 6 heteroatoms. The Labute approximate surface area is 95.4 Å². The van der Waals surface area contributed by atoms with Crippen LogP contribution in [0.25, 0.3) is 0 Å². The molecule has 0 atom stereocenters. The Morgan fingerprint density at radius 3 is 2.69 bits per heavy atom. The summed E-state index contributed by atoms with van der Waals surface area (Å²) in [5, 5.41) is 0. The van der Waals surface area contributed by atoms with Crippen LogP contribution in [0.15, 0.2) is 18.3 Å². The molecule has 1 aromatic rings. The van der Waals surface area contributed by atoms with Gasteiger partial charge in [-0.1, -0.05) is 0 Å². The Morgan fingerprint density at radius 1 is 1.50 bits per heavy atom. The molecule has 0 aliphatic heterocycles. The third-order valence-electron chi connectivity index (χ3n) is 2.16. The normalized spacial score (nSPS) is 11.9. The molecule has 0 bridgehead atoms. The highest BCUT2D eigenvalue weighted by atomic mass is 32.2. The Morgan fingerprint density at radius 2 is 2.19 bits per heavy atom. The van der Waals surface area contributed by atoms with Crippen LogP contribution in [-0.2, 0) is 9.84 Å². The summed E-state index contributed by atoms with van der Waals surface area (Å²) in [4.78, 5) is 16.1. The molecule has 0 aliphatic rings. The molecule has 0 aromatic carbocycles. The second-order valence-electron chi connectivity index (χ2n) is 3.87. The predicted octanol–water partition coefficient (Wildman–Crippen LogP) is 0.174. The average molecular weight is 244 g/mol. The number of hydrogen-bond donors (Lipinski definition) is 1. The monoisotopic (exact) mass is 244 g/mol. The molecule has 1 N–H and O–H groups in total. The minimum Gasteiger partial charge on any atom is -0.359 e. The third-order valence-corrected chi connectivity index (χ3v) is 3.08. The van der Waals surface area contributed by atoms with Crippen molar-refractivity contribution in [1.82, 2.24) is 9.88 Å². The van der Waals surface area contributed by atoms with E-state index in [0.29, 0.717) is 12.2 Å². The molecule has 5 nitrogen and oxygen atoms in total. The first-order valence-electron chi connectivity index (χ1n) is 4.91. The number of nitrogens with one attached hydrogen (secondary N) is 1. The van der Waals surface area contributed by atoms with Gasteiger partial charge < -0.3 is 4.98 Å². The van der Waals surface area contributed by atoms with E-state index >= 15 is 0 Å². The second-order valence-corrected chi connectivity index (χ2v) is 6.13. The minimum atomic E-state index is -2.97. The second kappa shape index (κ2) is 5.27. The van der Waals surface area contributed by atoms with Gasteiger partial charge in [-0.05, 0) is 19.2 Å². The van der Waals surface area contributed by atoms with Crippen LogP contribution in [0.5, 0.6) is 0 Å². The molecule has 0 fully saturated rings. The number of aromatic amines is 1. The van der Waals surface area contributed by atoms with Crippen LogP contribution in [0, 0.1) is 0 Å². The number of aromatic nitrogens is 1. The van der Waals surface area contributed by atoms with Gasteiger partial charge in [0, 0.05) is 19.0 Å². The fourth-order valence-corrected chi connectivity index (χ4v) is 1.88. The highest BCUT2D eigenvalue weighted by Crippen LogP contribution is 1.98. The Balaban J connectivity index is 2.40. The number of carbonyl (C=O) groups is 1. The number of hydrogen-bond acceptors (Lipinski definition) is 4. The van der Waals surface area contributed by atoms with Gasteiger partial charge in [0.25, 0.3) is 0 Å². The van der Waals surface area contributed by atoms with Gasteiger partial charge in [0.15, 0.2) is 5.78 Å². The van der Waals surface area contributed by atoms with Gasteiger partial charge in [-0.3, -0.25) is 9.69 Å². The molecular formula is C10H16N2O3S. The van der Waals surface area contributed by atoms with E-state index in [1.807, 2.05) is 0 Å². The number of H-pyrrole nitrogens is 1. The van der Waals surface area contributed by atoms with E-state index < -0.39 is 9.84 Å². The molecule has 0 saturated carbocycles. The van der Waals surface area contributed by atoms with Gasteiger partial charge in [0.1, 0.15) is 9.84 Å². The van der Waals surface area contributed by atoms with Gasteiger partial charge >= 0.3 is 0 Å². The molecule has 0 unspecified atom stereocenters. The highest BCUT2D eigenvalue weighted by molar-refractivity contribution is 7.90. The van der Waals surface area contributed by atoms with Crippen molar-refractivity contribution in [2.75, 3.05) is 32.1 Å². The molecular weight excluding hydrogens is 228 g/mol. The Hall–Kier alpha value is -1.14. The van der Waals surface area contributed by atoms with Crippen LogP contribution < -0.4 is 0 Å². The summed E-state index contributed by atoms with van der Waals surface area (Å²) in [5.41, 5.74) is 0.547. The van der Waals surface area contributed by atoms with Crippen molar-refractivity contribution < 1.29 is 13.2 Å². The fourth-order valence-electron chi connectivity index (χ4n) is 1.23. The molecule has 0 spiro atoms.